The average molecular weight is 232 g/mol. The van der Waals surface area contributed by atoms with Gasteiger partial charge in [0.1, 0.15) is 0 Å². The molecule has 2 aromatic carbocycles. The third-order valence-corrected chi connectivity index (χ3v) is 3.26. The van der Waals surface area contributed by atoms with E-state index in [0.29, 0.717) is 0 Å². The summed E-state index contributed by atoms with van der Waals surface area (Å²) in [6.07, 6.45) is 3.95. The molecule has 0 saturated heterocycles. The van der Waals surface area contributed by atoms with Gasteiger partial charge < -0.3 is 4.57 Å². The second-order valence-corrected chi connectivity index (χ2v) is 4.28. The molecule has 3 nitrogen and oxygen atoms in total. The minimum absolute atomic E-state index is 1.05. The maximum absolute atomic E-state index is 4.11. The van der Waals surface area contributed by atoms with E-state index in [-0.39, 0.29) is 0 Å². The summed E-state index contributed by atoms with van der Waals surface area (Å²) >= 11 is 0. The Balaban J connectivity index is 2.10. The molecule has 4 aromatic rings. The smallest absolute Gasteiger partial charge is 0.0671 e. The lowest BCUT2D eigenvalue weighted by Gasteiger charge is -2.06. The second kappa shape index (κ2) is 3.47. The lowest BCUT2D eigenvalue weighted by atomic mass is 10.2. The van der Waals surface area contributed by atoms with Crippen molar-refractivity contribution >= 4 is 21.8 Å². The van der Waals surface area contributed by atoms with Crippen LogP contribution in [0.5, 0.6) is 0 Å². The first-order valence-corrected chi connectivity index (χ1v) is 5.83. The number of aromatic amines is 1. The summed E-state index contributed by atoms with van der Waals surface area (Å²) < 4.78 is 2.18. The summed E-state index contributed by atoms with van der Waals surface area (Å²) in [5, 5.41) is 9.43. The Morgan fingerprint density at radius 1 is 1.17 bits per heavy atom. The number of nitrogens with zero attached hydrogens (tertiary/aromatic N) is 2. The molecule has 0 saturated carbocycles. The van der Waals surface area contributed by atoms with Crippen LogP contribution in [0.25, 0.3) is 27.5 Å². The molecule has 85 valence electrons. The number of hydrogen-bond acceptors (Lipinski definition) is 1. The van der Waals surface area contributed by atoms with E-state index in [0.717, 1.165) is 16.6 Å². The molecule has 2 aromatic heterocycles. The fraction of sp³-hybridized carbons (Fsp3) is 0. The van der Waals surface area contributed by atoms with Crippen LogP contribution in [0.1, 0.15) is 0 Å². The van der Waals surface area contributed by atoms with E-state index in [1.165, 1.54) is 10.9 Å². The molecule has 2 heterocycles. The Kier molecular flexibility index (Phi) is 1.83. The third-order valence-electron chi connectivity index (χ3n) is 3.26. The van der Waals surface area contributed by atoms with Crippen LogP contribution < -0.4 is 0 Å². The zero-order valence-electron chi connectivity index (χ0n) is 9.59. The van der Waals surface area contributed by atoms with Crippen molar-refractivity contribution in [3.63, 3.8) is 0 Å². The molecular weight excluding hydrogens is 222 g/mol. The second-order valence-electron chi connectivity index (χ2n) is 4.28. The van der Waals surface area contributed by atoms with Crippen LogP contribution in [0.3, 0.4) is 0 Å². The van der Waals surface area contributed by atoms with Crippen molar-refractivity contribution in [2.45, 2.75) is 0 Å². The first-order chi connectivity index (χ1) is 8.93. The summed E-state index contributed by atoms with van der Waals surface area (Å²) in [6, 6.07) is 17.4. The van der Waals surface area contributed by atoms with Gasteiger partial charge in [0.25, 0.3) is 0 Å². The van der Waals surface area contributed by atoms with E-state index in [1.54, 1.807) is 0 Å². The SMILES string of the molecule is [c]1ccc2c(c1)ccn2-c1cccc2[nH]ncc12. The highest BCUT2D eigenvalue weighted by atomic mass is 15.1. The Morgan fingerprint density at radius 3 is 3.17 bits per heavy atom. The summed E-state index contributed by atoms with van der Waals surface area (Å²) in [5.41, 5.74) is 3.38. The van der Waals surface area contributed by atoms with E-state index >= 15 is 0 Å². The van der Waals surface area contributed by atoms with Crippen molar-refractivity contribution in [1.29, 1.82) is 0 Å². The van der Waals surface area contributed by atoms with Crippen molar-refractivity contribution < 1.29 is 0 Å². The van der Waals surface area contributed by atoms with E-state index in [4.69, 9.17) is 0 Å². The van der Waals surface area contributed by atoms with Crippen LogP contribution in [0.2, 0.25) is 0 Å². The lowest BCUT2D eigenvalue weighted by Crippen LogP contribution is -1.91. The van der Waals surface area contributed by atoms with Gasteiger partial charge in [0.2, 0.25) is 0 Å². The quantitative estimate of drug-likeness (QED) is 0.536. The van der Waals surface area contributed by atoms with Crippen molar-refractivity contribution in [1.82, 2.24) is 14.8 Å². The summed E-state index contributed by atoms with van der Waals surface area (Å²) in [6.45, 7) is 0. The highest BCUT2D eigenvalue weighted by molar-refractivity contribution is 5.90. The molecule has 4 rings (SSSR count). The van der Waals surface area contributed by atoms with Gasteiger partial charge in [-0.05, 0) is 36.4 Å². The zero-order valence-corrected chi connectivity index (χ0v) is 9.59. The fourth-order valence-corrected chi connectivity index (χ4v) is 2.40. The zero-order chi connectivity index (χ0) is 11.9. The molecule has 18 heavy (non-hydrogen) atoms. The van der Waals surface area contributed by atoms with Crippen LogP contribution in [-0.4, -0.2) is 14.8 Å². The van der Waals surface area contributed by atoms with Crippen molar-refractivity contribution in [2.24, 2.45) is 0 Å². The molecule has 3 heteroatoms. The number of nitrogens with one attached hydrogen (secondary N) is 1. The van der Waals surface area contributed by atoms with Gasteiger partial charge in [-0.3, -0.25) is 5.10 Å². The molecule has 0 atom stereocenters. The van der Waals surface area contributed by atoms with Gasteiger partial charge in [-0.15, -0.1) is 0 Å². The van der Waals surface area contributed by atoms with Crippen LogP contribution in [0.4, 0.5) is 0 Å². The minimum atomic E-state index is 1.05. The number of fused-ring (bicyclic) bond motifs is 2. The van der Waals surface area contributed by atoms with Crippen molar-refractivity contribution in [2.75, 3.05) is 0 Å². The van der Waals surface area contributed by atoms with Gasteiger partial charge in [-0.25, -0.2) is 0 Å². The maximum atomic E-state index is 4.11. The predicted molar refractivity (Wildman–Crippen MR) is 71.8 cm³/mol. The van der Waals surface area contributed by atoms with Gasteiger partial charge >= 0.3 is 0 Å². The standard InChI is InChI=1S/C15H10N3/c1-2-6-14-11(4-1)8-9-18(14)15-7-3-5-13-12(15)10-16-17-13/h2-10H,(H,16,17). The number of H-pyrrole nitrogens is 1. The third kappa shape index (κ3) is 1.21. The summed E-state index contributed by atoms with van der Waals surface area (Å²) in [5.74, 6) is 0. The molecule has 0 fully saturated rings. The normalized spacial score (nSPS) is 11.3. The first kappa shape index (κ1) is 9.48. The Morgan fingerprint density at radius 2 is 2.17 bits per heavy atom. The number of hydrogen-bond donors (Lipinski definition) is 1. The number of rotatable bonds is 1. The molecule has 0 aliphatic rings. The molecule has 0 aliphatic carbocycles. The fourth-order valence-electron chi connectivity index (χ4n) is 2.40. The van der Waals surface area contributed by atoms with Crippen LogP contribution in [-0.2, 0) is 0 Å². The van der Waals surface area contributed by atoms with Crippen LogP contribution >= 0.6 is 0 Å². The summed E-state index contributed by atoms with van der Waals surface area (Å²) in [4.78, 5) is 0. The Bertz CT molecular complexity index is 839. The topological polar surface area (TPSA) is 33.6 Å². The molecule has 0 bridgehead atoms. The first-order valence-electron chi connectivity index (χ1n) is 5.83. The summed E-state index contributed by atoms with van der Waals surface area (Å²) in [7, 11) is 0. The van der Waals surface area contributed by atoms with Crippen LogP contribution in [0, 0.1) is 6.07 Å². The molecule has 0 amide bonds. The average Bonchev–Trinajstić information content (AvgIpc) is 3.05. The Hall–Kier alpha value is -2.55. The van der Waals surface area contributed by atoms with Crippen LogP contribution in [0.15, 0.2) is 54.9 Å². The molecule has 1 N–H and O–H groups in total. The largest absolute Gasteiger partial charge is 0.316 e. The highest BCUT2D eigenvalue weighted by Gasteiger charge is 2.07. The van der Waals surface area contributed by atoms with Gasteiger partial charge in [0.15, 0.2) is 0 Å². The van der Waals surface area contributed by atoms with Gasteiger partial charge in [-0.1, -0.05) is 12.1 Å². The monoisotopic (exact) mass is 232 g/mol. The molecule has 0 aliphatic heterocycles. The molecular formula is C15H10N3. The van der Waals surface area contributed by atoms with Gasteiger partial charge in [0.05, 0.1) is 22.9 Å². The van der Waals surface area contributed by atoms with Crippen molar-refractivity contribution in [3.8, 4) is 5.69 Å². The molecule has 1 radical (unpaired) electrons. The highest BCUT2D eigenvalue weighted by Crippen LogP contribution is 2.25. The molecule has 0 unspecified atom stereocenters. The number of aromatic nitrogens is 3. The van der Waals surface area contributed by atoms with E-state index in [2.05, 4.69) is 45.2 Å². The molecule has 0 spiro atoms. The van der Waals surface area contributed by atoms with E-state index in [9.17, 15) is 0 Å². The predicted octanol–water partition coefficient (Wildman–Crippen LogP) is 3.31. The van der Waals surface area contributed by atoms with Gasteiger partial charge in [0, 0.05) is 17.0 Å². The van der Waals surface area contributed by atoms with Gasteiger partial charge in [-0.2, -0.15) is 5.10 Å². The van der Waals surface area contributed by atoms with E-state index < -0.39 is 0 Å². The van der Waals surface area contributed by atoms with E-state index in [1.807, 2.05) is 30.5 Å². The number of benzene rings is 2. The maximum Gasteiger partial charge on any atom is 0.0671 e. The Labute approximate surface area is 104 Å². The lowest BCUT2D eigenvalue weighted by molar-refractivity contribution is 1.12. The van der Waals surface area contributed by atoms with Crippen molar-refractivity contribution in [3.05, 3.63) is 60.9 Å². The minimum Gasteiger partial charge on any atom is -0.316 e.